The zero-order chi connectivity index (χ0) is 20.5. The van der Waals surface area contributed by atoms with Crippen LogP contribution in [0.3, 0.4) is 0 Å². The van der Waals surface area contributed by atoms with Crippen LogP contribution in [0.5, 0.6) is 5.75 Å². The molecule has 6 nitrogen and oxygen atoms in total. The number of hydrogen-bond acceptors (Lipinski definition) is 6. The second-order valence-electron chi connectivity index (χ2n) is 6.42. The summed E-state index contributed by atoms with van der Waals surface area (Å²) in [4.78, 5) is 35.6. The van der Waals surface area contributed by atoms with Crippen LogP contribution >= 0.6 is 0 Å². The van der Waals surface area contributed by atoms with Crippen LogP contribution in [-0.2, 0) is 9.53 Å². The molecule has 0 aromatic heterocycles. The van der Waals surface area contributed by atoms with E-state index in [0.717, 1.165) is 5.56 Å². The predicted octanol–water partition coefficient (Wildman–Crippen LogP) is 4.28. The summed E-state index contributed by atoms with van der Waals surface area (Å²) in [7, 11) is 1.32. The summed E-state index contributed by atoms with van der Waals surface area (Å²) < 4.78 is 16.0. The summed E-state index contributed by atoms with van der Waals surface area (Å²) in [6.07, 6.45) is 0. The third kappa shape index (κ3) is 3.36. The van der Waals surface area contributed by atoms with Crippen LogP contribution in [-0.4, -0.2) is 19.0 Å². The van der Waals surface area contributed by atoms with E-state index in [1.807, 2.05) is 12.1 Å². The van der Waals surface area contributed by atoms with E-state index in [4.69, 9.17) is 13.9 Å². The first kappa shape index (κ1) is 18.4. The fourth-order valence-corrected chi connectivity index (χ4v) is 3.36. The molecule has 0 fully saturated rings. The second-order valence-corrected chi connectivity index (χ2v) is 6.42. The molecule has 0 saturated carbocycles. The van der Waals surface area contributed by atoms with Gasteiger partial charge in [-0.2, -0.15) is 0 Å². The lowest BCUT2D eigenvalue weighted by Crippen LogP contribution is -2.05. The zero-order valence-electron chi connectivity index (χ0n) is 15.7. The third-order valence-corrected chi connectivity index (χ3v) is 4.53. The molecular formula is C23H16O6. The lowest BCUT2D eigenvalue weighted by atomic mass is 9.91. The van der Waals surface area contributed by atoms with Gasteiger partial charge in [0.25, 0.3) is 0 Å². The number of carbonyl (C=O) groups is 2. The minimum absolute atomic E-state index is 0.205. The SMILES string of the molecule is COC(=O)c1ccccc1-c1c2ccc(=O)cc-2oc2cc(OC(C)=O)ccc12. The fourth-order valence-electron chi connectivity index (χ4n) is 3.36. The number of methoxy groups -OCH3 is 1. The largest absolute Gasteiger partial charge is 0.465 e. The van der Waals surface area contributed by atoms with Crippen LogP contribution in [0.1, 0.15) is 17.3 Å². The van der Waals surface area contributed by atoms with Crippen LogP contribution < -0.4 is 10.2 Å². The Morgan fingerprint density at radius 3 is 2.48 bits per heavy atom. The molecule has 0 spiro atoms. The summed E-state index contributed by atoms with van der Waals surface area (Å²) in [6.45, 7) is 1.31. The van der Waals surface area contributed by atoms with Crippen LogP contribution in [0.15, 0.2) is 69.9 Å². The van der Waals surface area contributed by atoms with Crippen molar-refractivity contribution in [3.8, 4) is 28.2 Å². The van der Waals surface area contributed by atoms with E-state index >= 15 is 0 Å². The standard InChI is InChI=1S/C23H16O6/c1-13(24)28-15-8-10-19-21(12-15)29-20-11-14(25)7-9-18(20)22(19)16-5-3-4-6-17(16)23(26)27-2/h3-12H,1-2H3. The van der Waals surface area contributed by atoms with Crippen molar-refractivity contribution < 1.29 is 23.5 Å². The first-order chi connectivity index (χ1) is 14.0. The van der Waals surface area contributed by atoms with Gasteiger partial charge in [0.05, 0.1) is 12.7 Å². The number of hydrogen-bond donors (Lipinski definition) is 0. The Morgan fingerprint density at radius 1 is 0.931 bits per heavy atom. The van der Waals surface area contributed by atoms with Crippen molar-refractivity contribution in [2.24, 2.45) is 0 Å². The maximum Gasteiger partial charge on any atom is 0.338 e. The van der Waals surface area contributed by atoms with Gasteiger partial charge < -0.3 is 13.9 Å². The average molecular weight is 388 g/mol. The van der Waals surface area contributed by atoms with Gasteiger partial charge in [-0.25, -0.2) is 4.79 Å². The highest BCUT2D eigenvalue weighted by Gasteiger charge is 2.22. The van der Waals surface area contributed by atoms with Gasteiger partial charge in [-0.3, -0.25) is 9.59 Å². The first-order valence-corrected chi connectivity index (χ1v) is 8.84. The second kappa shape index (κ2) is 7.24. The van der Waals surface area contributed by atoms with Crippen molar-refractivity contribution in [1.82, 2.24) is 0 Å². The molecule has 29 heavy (non-hydrogen) atoms. The maximum atomic E-state index is 12.4. The molecule has 0 unspecified atom stereocenters. The van der Waals surface area contributed by atoms with Gasteiger partial charge in [-0.05, 0) is 35.9 Å². The molecule has 1 heterocycles. The van der Waals surface area contributed by atoms with Crippen LogP contribution in [0.4, 0.5) is 0 Å². The summed E-state index contributed by atoms with van der Waals surface area (Å²) in [5.74, 6) is -0.249. The Balaban J connectivity index is 2.10. The molecule has 1 aliphatic heterocycles. The van der Waals surface area contributed by atoms with E-state index in [9.17, 15) is 14.4 Å². The number of ether oxygens (including phenoxy) is 2. The molecule has 2 aromatic rings. The number of benzene rings is 3. The number of esters is 2. The van der Waals surface area contributed by atoms with Crippen molar-refractivity contribution in [2.75, 3.05) is 7.11 Å². The van der Waals surface area contributed by atoms with E-state index in [2.05, 4.69) is 0 Å². The fraction of sp³-hybridized carbons (Fsp3) is 0.0870. The predicted molar refractivity (Wildman–Crippen MR) is 107 cm³/mol. The van der Waals surface area contributed by atoms with Gasteiger partial charge in [0, 0.05) is 35.6 Å². The van der Waals surface area contributed by atoms with E-state index in [1.165, 1.54) is 26.2 Å². The van der Waals surface area contributed by atoms with Crippen molar-refractivity contribution in [2.45, 2.75) is 6.92 Å². The summed E-state index contributed by atoms with van der Waals surface area (Å²) in [5, 5.41) is 0.698. The third-order valence-electron chi connectivity index (χ3n) is 4.53. The van der Waals surface area contributed by atoms with Crippen molar-refractivity contribution in [3.63, 3.8) is 0 Å². The molecule has 0 N–H and O–H groups in total. The molecule has 0 radical (unpaired) electrons. The highest BCUT2D eigenvalue weighted by atomic mass is 16.5. The minimum Gasteiger partial charge on any atom is -0.465 e. The van der Waals surface area contributed by atoms with E-state index in [0.29, 0.717) is 39.2 Å². The molecule has 0 amide bonds. The van der Waals surface area contributed by atoms with Gasteiger partial charge in [0.1, 0.15) is 17.1 Å². The summed E-state index contributed by atoms with van der Waals surface area (Å²) in [6, 6.07) is 16.5. The summed E-state index contributed by atoms with van der Waals surface area (Å²) >= 11 is 0. The lowest BCUT2D eigenvalue weighted by molar-refractivity contribution is -0.131. The quantitative estimate of drug-likeness (QED) is 0.296. The van der Waals surface area contributed by atoms with Gasteiger partial charge >= 0.3 is 11.9 Å². The Kier molecular flexibility index (Phi) is 4.60. The molecule has 2 aromatic carbocycles. The molecule has 6 heteroatoms. The minimum atomic E-state index is -0.473. The highest BCUT2D eigenvalue weighted by molar-refractivity contribution is 6.07. The molecule has 4 rings (SSSR count). The number of fused-ring (bicyclic) bond motifs is 2. The first-order valence-electron chi connectivity index (χ1n) is 8.84. The molecule has 0 saturated heterocycles. The van der Waals surface area contributed by atoms with E-state index in [1.54, 1.807) is 36.4 Å². The van der Waals surface area contributed by atoms with Gasteiger partial charge in [0.15, 0.2) is 5.43 Å². The Bertz CT molecular complexity index is 1280. The topological polar surface area (TPSA) is 82.8 Å². The molecule has 1 aliphatic carbocycles. The normalized spacial score (nSPS) is 10.8. The number of rotatable bonds is 3. The Hall–Kier alpha value is -3.93. The maximum absolute atomic E-state index is 12.4. The number of carbonyl (C=O) groups excluding carboxylic acids is 2. The van der Waals surface area contributed by atoms with Gasteiger partial charge in [-0.15, -0.1) is 0 Å². The highest BCUT2D eigenvalue weighted by Crippen LogP contribution is 2.42. The molecule has 2 aliphatic rings. The van der Waals surface area contributed by atoms with Gasteiger partial charge in [-0.1, -0.05) is 18.2 Å². The summed E-state index contributed by atoms with van der Waals surface area (Å²) in [5.41, 5.74) is 2.63. The monoisotopic (exact) mass is 388 g/mol. The molecular weight excluding hydrogens is 372 g/mol. The molecule has 0 bridgehead atoms. The lowest BCUT2D eigenvalue weighted by Gasteiger charge is -2.17. The van der Waals surface area contributed by atoms with E-state index < -0.39 is 11.9 Å². The van der Waals surface area contributed by atoms with Crippen molar-refractivity contribution in [3.05, 3.63) is 76.5 Å². The van der Waals surface area contributed by atoms with Crippen molar-refractivity contribution >= 4 is 22.9 Å². The van der Waals surface area contributed by atoms with Gasteiger partial charge in [0.2, 0.25) is 0 Å². The van der Waals surface area contributed by atoms with Crippen molar-refractivity contribution in [1.29, 1.82) is 0 Å². The smallest absolute Gasteiger partial charge is 0.338 e. The van der Waals surface area contributed by atoms with Crippen LogP contribution in [0.25, 0.3) is 33.4 Å². The zero-order valence-corrected chi connectivity index (χ0v) is 15.7. The Labute approximate surface area is 165 Å². The molecule has 0 atom stereocenters. The average Bonchev–Trinajstić information content (AvgIpc) is 2.70. The molecule has 144 valence electrons. The Morgan fingerprint density at radius 2 is 1.72 bits per heavy atom. The van der Waals surface area contributed by atoms with Crippen LogP contribution in [0.2, 0.25) is 0 Å². The van der Waals surface area contributed by atoms with Crippen LogP contribution in [0, 0.1) is 0 Å². The van der Waals surface area contributed by atoms with E-state index in [-0.39, 0.29) is 5.43 Å².